The molecule has 4 heteroatoms. The normalized spacial score (nSPS) is 10.6. The Balaban J connectivity index is 2.92. The maximum Gasteiger partial charge on any atom is 0.335 e. The number of carboxylic acid groups (broad SMARTS) is 1. The smallest absolute Gasteiger partial charge is 0.335 e. The van der Waals surface area contributed by atoms with Crippen LogP contribution in [0.5, 0.6) is 0 Å². The first kappa shape index (κ1) is 10.4. The van der Waals surface area contributed by atoms with E-state index in [9.17, 15) is 9.59 Å². The summed E-state index contributed by atoms with van der Waals surface area (Å²) in [7, 11) is 1.68. The van der Waals surface area contributed by atoms with Crippen LogP contribution >= 0.6 is 0 Å². The van der Waals surface area contributed by atoms with Gasteiger partial charge in [-0.15, -0.1) is 0 Å². The van der Waals surface area contributed by atoms with Crippen LogP contribution in [0.2, 0.25) is 0 Å². The van der Waals surface area contributed by atoms with Gasteiger partial charge in [0.15, 0.2) is 0 Å². The highest BCUT2D eigenvalue weighted by atomic mass is 16.4. The summed E-state index contributed by atoms with van der Waals surface area (Å²) in [6.45, 7) is 1.80. The highest BCUT2D eigenvalue weighted by Crippen LogP contribution is 2.18. The first-order valence-corrected chi connectivity index (χ1v) is 4.84. The molecule has 1 aromatic carbocycles. The van der Waals surface area contributed by atoms with Crippen LogP contribution in [-0.2, 0) is 7.05 Å². The third-order valence-corrected chi connectivity index (χ3v) is 2.65. The van der Waals surface area contributed by atoms with Crippen LogP contribution in [0.3, 0.4) is 0 Å². The molecule has 82 valence electrons. The Morgan fingerprint density at radius 3 is 2.62 bits per heavy atom. The van der Waals surface area contributed by atoms with E-state index in [1.165, 1.54) is 10.6 Å². The van der Waals surface area contributed by atoms with Crippen molar-refractivity contribution in [2.45, 2.75) is 6.92 Å². The van der Waals surface area contributed by atoms with Crippen molar-refractivity contribution in [1.29, 1.82) is 0 Å². The molecule has 2 aromatic rings. The maximum absolute atomic E-state index is 11.5. The SMILES string of the molecule is Cc1cc(C(=O)O)cc2ccc(=O)n(C)c12. The van der Waals surface area contributed by atoms with E-state index in [0.29, 0.717) is 0 Å². The Morgan fingerprint density at radius 2 is 2.00 bits per heavy atom. The third-order valence-electron chi connectivity index (χ3n) is 2.65. The Labute approximate surface area is 91.8 Å². The average molecular weight is 217 g/mol. The van der Waals surface area contributed by atoms with Gasteiger partial charge in [0.05, 0.1) is 11.1 Å². The molecule has 0 radical (unpaired) electrons. The van der Waals surface area contributed by atoms with Crippen LogP contribution in [0.4, 0.5) is 0 Å². The summed E-state index contributed by atoms with van der Waals surface area (Å²) in [4.78, 5) is 22.3. The largest absolute Gasteiger partial charge is 0.478 e. The van der Waals surface area contributed by atoms with Gasteiger partial charge in [-0.3, -0.25) is 4.79 Å². The number of hydrogen-bond donors (Lipinski definition) is 1. The highest BCUT2D eigenvalue weighted by molar-refractivity contribution is 5.94. The van der Waals surface area contributed by atoms with Gasteiger partial charge in [0.1, 0.15) is 0 Å². The molecule has 0 aliphatic carbocycles. The minimum absolute atomic E-state index is 0.0984. The van der Waals surface area contributed by atoms with Gasteiger partial charge in [0, 0.05) is 13.1 Å². The molecule has 0 atom stereocenters. The van der Waals surface area contributed by atoms with E-state index in [0.717, 1.165) is 16.5 Å². The summed E-state index contributed by atoms with van der Waals surface area (Å²) in [5.74, 6) is -0.959. The number of aryl methyl sites for hydroxylation is 2. The Morgan fingerprint density at radius 1 is 1.31 bits per heavy atom. The molecule has 0 aliphatic rings. The van der Waals surface area contributed by atoms with Gasteiger partial charge in [0.2, 0.25) is 0 Å². The number of hydrogen-bond acceptors (Lipinski definition) is 2. The number of benzene rings is 1. The molecule has 16 heavy (non-hydrogen) atoms. The number of aromatic carboxylic acids is 1. The lowest BCUT2D eigenvalue weighted by Crippen LogP contribution is -2.16. The number of nitrogens with zero attached hydrogens (tertiary/aromatic N) is 1. The summed E-state index contributed by atoms with van der Waals surface area (Å²) in [6, 6.07) is 6.23. The molecule has 1 heterocycles. The van der Waals surface area contributed by atoms with Crippen molar-refractivity contribution >= 4 is 16.9 Å². The number of pyridine rings is 1. The van der Waals surface area contributed by atoms with Crippen molar-refractivity contribution in [3.63, 3.8) is 0 Å². The second-order valence-electron chi connectivity index (χ2n) is 3.77. The molecule has 1 N–H and O–H groups in total. The summed E-state index contributed by atoms with van der Waals surface area (Å²) in [6.07, 6.45) is 0. The number of rotatable bonds is 1. The number of carbonyl (C=O) groups is 1. The summed E-state index contributed by atoms with van der Waals surface area (Å²) < 4.78 is 1.52. The van der Waals surface area contributed by atoms with Gasteiger partial charge < -0.3 is 9.67 Å². The summed E-state index contributed by atoms with van der Waals surface area (Å²) >= 11 is 0. The van der Waals surface area contributed by atoms with Crippen LogP contribution in [-0.4, -0.2) is 15.6 Å². The van der Waals surface area contributed by atoms with Crippen molar-refractivity contribution in [1.82, 2.24) is 4.57 Å². The highest BCUT2D eigenvalue weighted by Gasteiger charge is 2.08. The van der Waals surface area contributed by atoms with Crippen molar-refractivity contribution in [3.05, 3.63) is 45.7 Å². The average Bonchev–Trinajstić information content (AvgIpc) is 2.22. The van der Waals surface area contributed by atoms with E-state index in [-0.39, 0.29) is 11.1 Å². The molecule has 1 aromatic heterocycles. The van der Waals surface area contributed by atoms with E-state index in [4.69, 9.17) is 5.11 Å². The van der Waals surface area contributed by atoms with Crippen molar-refractivity contribution in [2.24, 2.45) is 7.05 Å². The van der Waals surface area contributed by atoms with Crippen LogP contribution in [0.1, 0.15) is 15.9 Å². The van der Waals surface area contributed by atoms with Gasteiger partial charge in [-0.25, -0.2) is 4.79 Å². The van der Waals surface area contributed by atoms with Crippen molar-refractivity contribution in [3.8, 4) is 0 Å². The minimum Gasteiger partial charge on any atom is -0.478 e. The van der Waals surface area contributed by atoms with Gasteiger partial charge in [-0.1, -0.05) is 0 Å². The van der Waals surface area contributed by atoms with Crippen molar-refractivity contribution < 1.29 is 9.90 Å². The van der Waals surface area contributed by atoms with Crippen LogP contribution in [0.15, 0.2) is 29.1 Å². The van der Waals surface area contributed by atoms with Gasteiger partial charge in [0.25, 0.3) is 5.56 Å². The third kappa shape index (κ3) is 1.48. The second kappa shape index (κ2) is 3.48. The maximum atomic E-state index is 11.5. The molecule has 0 unspecified atom stereocenters. The summed E-state index contributed by atoms with van der Waals surface area (Å²) in [5, 5.41) is 9.69. The fourth-order valence-electron chi connectivity index (χ4n) is 1.90. The first-order valence-electron chi connectivity index (χ1n) is 4.84. The fourth-order valence-corrected chi connectivity index (χ4v) is 1.90. The molecular weight excluding hydrogens is 206 g/mol. The Hall–Kier alpha value is -2.10. The zero-order valence-corrected chi connectivity index (χ0v) is 9.02. The van der Waals surface area contributed by atoms with Crippen LogP contribution in [0.25, 0.3) is 10.9 Å². The standard InChI is InChI=1S/C12H11NO3/c1-7-5-9(12(15)16)6-8-3-4-10(14)13(2)11(7)8/h3-6H,1-2H3,(H,15,16). The molecule has 0 fully saturated rings. The molecule has 2 rings (SSSR count). The first-order chi connectivity index (χ1) is 7.50. The lowest BCUT2D eigenvalue weighted by molar-refractivity contribution is 0.0697. The topological polar surface area (TPSA) is 59.3 Å². The molecule has 0 spiro atoms. The molecule has 0 saturated heterocycles. The zero-order chi connectivity index (χ0) is 11.9. The second-order valence-corrected chi connectivity index (χ2v) is 3.77. The predicted molar refractivity (Wildman–Crippen MR) is 60.9 cm³/mol. The lowest BCUT2D eigenvalue weighted by atomic mass is 10.1. The molecule has 4 nitrogen and oxygen atoms in total. The lowest BCUT2D eigenvalue weighted by Gasteiger charge is -2.08. The quantitative estimate of drug-likeness (QED) is 0.788. The van der Waals surface area contributed by atoms with E-state index in [2.05, 4.69) is 0 Å². The monoisotopic (exact) mass is 217 g/mol. The van der Waals surface area contributed by atoms with Crippen molar-refractivity contribution in [2.75, 3.05) is 0 Å². The van der Waals surface area contributed by atoms with E-state index < -0.39 is 5.97 Å². The fraction of sp³-hybridized carbons (Fsp3) is 0.167. The van der Waals surface area contributed by atoms with Gasteiger partial charge >= 0.3 is 5.97 Å². The summed E-state index contributed by atoms with van der Waals surface area (Å²) in [5.41, 5.74) is 1.70. The molecule has 0 bridgehead atoms. The van der Waals surface area contributed by atoms with E-state index in [1.807, 2.05) is 0 Å². The van der Waals surface area contributed by atoms with Gasteiger partial charge in [-0.05, 0) is 36.1 Å². The van der Waals surface area contributed by atoms with Crippen LogP contribution < -0.4 is 5.56 Å². The molecule has 0 aliphatic heterocycles. The minimum atomic E-state index is -0.959. The molecule has 0 saturated carbocycles. The Bertz CT molecular complexity index is 640. The van der Waals surface area contributed by atoms with E-state index >= 15 is 0 Å². The molecular formula is C12H11NO3. The zero-order valence-electron chi connectivity index (χ0n) is 9.02. The van der Waals surface area contributed by atoms with Gasteiger partial charge in [-0.2, -0.15) is 0 Å². The number of aromatic nitrogens is 1. The van der Waals surface area contributed by atoms with Crippen LogP contribution in [0, 0.1) is 6.92 Å². The molecule has 0 amide bonds. The van der Waals surface area contributed by atoms with E-state index in [1.54, 1.807) is 32.2 Å². The Kier molecular flexibility index (Phi) is 2.27. The number of carboxylic acids is 1. The predicted octanol–water partition coefficient (Wildman–Crippen LogP) is 1.55. The number of fused-ring (bicyclic) bond motifs is 1.